The van der Waals surface area contributed by atoms with Gasteiger partial charge in [0.2, 0.25) is 5.69 Å². The van der Waals surface area contributed by atoms with E-state index >= 15 is 0 Å². The fourth-order valence-corrected chi connectivity index (χ4v) is 6.58. The third-order valence-electron chi connectivity index (χ3n) is 6.85. The first-order valence-corrected chi connectivity index (χ1v) is 12.8. The lowest BCUT2D eigenvalue weighted by Gasteiger charge is -2.24. The average Bonchev–Trinajstić information content (AvgIpc) is 3.11. The van der Waals surface area contributed by atoms with Crippen molar-refractivity contribution in [3.8, 4) is 11.3 Å². The third-order valence-corrected chi connectivity index (χ3v) is 8.02. The Morgan fingerprint density at radius 2 is 1.61 bits per heavy atom. The van der Waals surface area contributed by atoms with Crippen LogP contribution in [0.3, 0.4) is 0 Å². The molecule has 0 N–H and O–H groups in total. The van der Waals surface area contributed by atoms with Crippen molar-refractivity contribution in [2.24, 2.45) is 13.0 Å². The fourth-order valence-electron chi connectivity index (χ4n) is 5.22. The van der Waals surface area contributed by atoms with Gasteiger partial charge in [-0.25, -0.2) is 0 Å². The molecule has 33 heavy (non-hydrogen) atoms. The molecule has 0 saturated heterocycles. The molecule has 0 radical (unpaired) electrons. The third kappa shape index (κ3) is 3.75. The van der Waals surface area contributed by atoms with Crippen LogP contribution in [-0.2, 0) is 18.9 Å². The molecule has 0 amide bonds. The van der Waals surface area contributed by atoms with Gasteiger partial charge < -0.3 is 0 Å². The van der Waals surface area contributed by atoms with E-state index in [9.17, 15) is 0 Å². The highest BCUT2D eigenvalue weighted by atomic mass is 32.1. The Bertz CT molecular complexity index is 1510. The summed E-state index contributed by atoms with van der Waals surface area (Å²) < 4.78 is 5.09. The number of aryl methyl sites for hydroxylation is 2. The molecule has 0 saturated carbocycles. The van der Waals surface area contributed by atoms with Crippen LogP contribution in [0.5, 0.6) is 0 Å². The normalized spacial score (nSPS) is 12.5. The van der Waals surface area contributed by atoms with Crippen LogP contribution in [0.1, 0.15) is 51.3 Å². The van der Waals surface area contributed by atoms with Crippen LogP contribution in [0.4, 0.5) is 0 Å². The van der Waals surface area contributed by atoms with Gasteiger partial charge >= 0.3 is 0 Å². The molecule has 2 heteroatoms. The van der Waals surface area contributed by atoms with Gasteiger partial charge in [0.05, 0.1) is 5.56 Å². The maximum atomic E-state index is 2.46. The summed E-state index contributed by atoms with van der Waals surface area (Å²) in [5, 5.41) is 5.47. The highest BCUT2D eigenvalue weighted by Gasteiger charge is 2.25. The van der Waals surface area contributed by atoms with E-state index in [0.717, 1.165) is 6.42 Å². The predicted molar refractivity (Wildman–Crippen MR) is 145 cm³/mol. The number of rotatable bonds is 3. The van der Waals surface area contributed by atoms with Crippen LogP contribution in [0.25, 0.3) is 42.2 Å². The first-order chi connectivity index (χ1) is 15.6. The summed E-state index contributed by atoms with van der Waals surface area (Å²) >= 11 is 1.95. The fraction of sp³-hybridized carbons (Fsp3) is 0.323. The molecule has 0 fully saturated rings. The van der Waals surface area contributed by atoms with E-state index in [0.29, 0.717) is 5.92 Å². The summed E-state index contributed by atoms with van der Waals surface area (Å²) in [6, 6.07) is 20.7. The summed E-state index contributed by atoms with van der Waals surface area (Å²) in [7, 11) is 2.19. The van der Waals surface area contributed by atoms with Crippen LogP contribution >= 0.6 is 11.3 Å². The van der Waals surface area contributed by atoms with Crippen LogP contribution in [0.15, 0.2) is 60.8 Å². The van der Waals surface area contributed by atoms with E-state index in [-0.39, 0.29) is 5.41 Å². The minimum atomic E-state index is 0.0699. The molecule has 168 valence electrons. The van der Waals surface area contributed by atoms with Gasteiger partial charge in [-0.15, -0.1) is 11.3 Å². The van der Waals surface area contributed by atoms with Crippen molar-refractivity contribution in [1.82, 2.24) is 0 Å². The summed E-state index contributed by atoms with van der Waals surface area (Å²) in [5.41, 5.74) is 6.96. The quantitative estimate of drug-likeness (QED) is 0.242. The molecule has 0 bridgehead atoms. The molecule has 2 aromatic heterocycles. The molecule has 0 spiro atoms. The lowest BCUT2D eigenvalue weighted by Crippen LogP contribution is -2.30. The first kappa shape index (κ1) is 22.1. The molecule has 5 rings (SSSR count). The van der Waals surface area contributed by atoms with Crippen LogP contribution in [0.2, 0.25) is 0 Å². The Balaban J connectivity index is 1.85. The van der Waals surface area contributed by atoms with Gasteiger partial charge in [-0.1, -0.05) is 71.0 Å². The Morgan fingerprint density at radius 1 is 0.879 bits per heavy atom. The Morgan fingerprint density at radius 3 is 2.30 bits per heavy atom. The maximum Gasteiger partial charge on any atom is 0.230 e. The molecule has 0 aliphatic carbocycles. The molecule has 0 aliphatic rings. The van der Waals surface area contributed by atoms with Crippen molar-refractivity contribution in [1.29, 1.82) is 0 Å². The van der Waals surface area contributed by atoms with Crippen molar-refractivity contribution in [3.05, 3.63) is 77.5 Å². The van der Waals surface area contributed by atoms with Crippen molar-refractivity contribution < 1.29 is 4.57 Å². The molecule has 0 atom stereocenters. The zero-order valence-corrected chi connectivity index (χ0v) is 21.7. The zero-order valence-electron chi connectivity index (χ0n) is 20.9. The maximum absolute atomic E-state index is 2.46. The number of nitrogens with zero attached hydrogens (tertiary/aromatic N) is 1. The van der Waals surface area contributed by atoms with E-state index in [1.54, 1.807) is 0 Å². The zero-order chi connectivity index (χ0) is 23.5. The van der Waals surface area contributed by atoms with E-state index in [1.165, 1.54) is 58.9 Å². The van der Waals surface area contributed by atoms with Crippen molar-refractivity contribution >= 4 is 42.3 Å². The minimum Gasteiger partial charge on any atom is -0.200 e. The van der Waals surface area contributed by atoms with Gasteiger partial charge in [-0.3, -0.25) is 0 Å². The smallest absolute Gasteiger partial charge is 0.200 e. The van der Waals surface area contributed by atoms with E-state index in [1.807, 2.05) is 11.3 Å². The second-order valence-corrected chi connectivity index (χ2v) is 12.0. The standard InChI is InChI=1S/C31H34NS/c1-19(2)16-21-12-13-24-25-14-15-32(7)29(30(25)33-28(24)17-21)26-18-27(31(4,5)6)23-11-9-8-10-22(23)20(26)3/h8-15,17-19H,16H2,1-7H3/q+1. The summed E-state index contributed by atoms with van der Waals surface area (Å²) in [5.74, 6) is 0.668. The van der Waals surface area contributed by atoms with Gasteiger partial charge in [0.1, 0.15) is 11.7 Å². The Hall–Kier alpha value is -2.71. The molecule has 0 aliphatic heterocycles. The lowest BCUT2D eigenvalue weighted by molar-refractivity contribution is -0.659. The summed E-state index contributed by atoms with van der Waals surface area (Å²) in [6.07, 6.45) is 3.36. The number of aromatic nitrogens is 1. The van der Waals surface area contributed by atoms with Gasteiger partial charge in [0.25, 0.3) is 0 Å². The SMILES string of the molecule is Cc1c(-c2c3sc4cc(CC(C)C)ccc4c3cc[n+]2C)cc(C(C)(C)C)c2ccccc12. The molecule has 3 aromatic carbocycles. The number of thiophene rings is 1. The number of benzene rings is 3. The Kier molecular flexibility index (Phi) is 5.33. The first-order valence-electron chi connectivity index (χ1n) is 12.0. The number of hydrogen-bond donors (Lipinski definition) is 0. The van der Waals surface area contributed by atoms with Crippen molar-refractivity contribution in [2.45, 2.75) is 53.4 Å². The van der Waals surface area contributed by atoms with E-state index in [4.69, 9.17) is 0 Å². The summed E-state index contributed by atoms with van der Waals surface area (Å²) in [4.78, 5) is 0. The van der Waals surface area contributed by atoms with Crippen LogP contribution < -0.4 is 4.57 Å². The van der Waals surface area contributed by atoms with Gasteiger partial charge in [-0.05, 0) is 64.3 Å². The largest absolute Gasteiger partial charge is 0.230 e. The number of pyridine rings is 1. The highest BCUT2D eigenvalue weighted by Crippen LogP contribution is 2.42. The molecule has 0 unspecified atom stereocenters. The molecular formula is C31H34NS+. The second kappa shape index (κ2) is 7.95. The summed E-state index contributed by atoms with van der Waals surface area (Å²) in [6.45, 7) is 13.8. The molecule has 2 heterocycles. The van der Waals surface area contributed by atoms with E-state index in [2.05, 4.69) is 114 Å². The van der Waals surface area contributed by atoms with E-state index < -0.39 is 0 Å². The Labute approximate surface area is 201 Å². The predicted octanol–water partition coefficient (Wildman–Crippen LogP) is 8.50. The van der Waals surface area contributed by atoms with Crippen LogP contribution in [0, 0.1) is 12.8 Å². The number of hydrogen-bond acceptors (Lipinski definition) is 1. The minimum absolute atomic E-state index is 0.0699. The van der Waals surface area contributed by atoms with Gasteiger partial charge in [-0.2, -0.15) is 4.57 Å². The van der Waals surface area contributed by atoms with Crippen LogP contribution in [-0.4, -0.2) is 0 Å². The number of fused-ring (bicyclic) bond motifs is 4. The second-order valence-electron chi connectivity index (χ2n) is 10.9. The van der Waals surface area contributed by atoms with Gasteiger partial charge in [0, 0.05) is 21.5 Å². The topological polar surface area (TPSA) is 3.88 Å². The lowest BCUT2D eigenvalue weighted by atomic mass is 9.80. The molecule has 5 aromatic rings. The monoisotopic (exact) mass is 452 g/mol. The highest BCUT2D eigenvalue weighted by molar-refractivity contribution is 7.26. The average molecular weight is 453 g/mol. The van der Waals surface area contributed by atoms with Gasteiger partial charge in [0.15, 0.2) is 6.20 Å². The van der Waals surface area contributed by atoms with Crippen molar-refractivity contribution in [2.75, 3.05) is 0 Å². The van der Waals surface area contributed by atoms with Crippen molar-refractivity contribution in [3.63, 3.8) is 0 Å². The molecular weight excluding hydrogens is 418 g/mol. The molecule has 1 nitrogen and oxygen atoms in total.